The maximum absolute atomic E-state index is 13.5. The minimum absolute atomic E-state index is 0.00908. The van der Waals surface area contributed by atoms with E-state index in [1.54, 1.807) is 0 Å². The van der Waals surface area contributed by atoms with Crippen molar-refractivity contribution in [2.24, 2.45) is 0 Å². The summed E-state index contributed by atoms with van der Waals surface area (Å²) in [7, 11) is -9.95. The fourth-order valence-electron chi connectivity index (χ4n) is 4.01. The van der Waals surface area contributed by atoms with Crippen molar-refractivity contribution in [2.75, 3.05) is 16.4 Å². The van der Waals surface area contributed by atoms with Gasteiger partial charge < -0.3 is 16.4 Å². The van der Waals surface area contributed by atoms with Crippen LogP contribution in [0.1, 0.15) is 31.8 Å². The van der Waals surface area contributed by atoms with Gasteiger partial charge in [0.15, 0.2) is 12.1 Å². The molecule has 1 heterocycles. The van der Waals surface area contributed by atoms with Crippen molar-refractivity contribution in [2.45, 2.75) is 16.7 Å². The Hall–Kier alpha value is -5.17. The molecule has 218 valence electrons. The summed E-state index contributed by atoms with van der Waals surface area (Å²) in [4.78, 5) is 53.8. The van der Waals surface area contributed by atoms with Crippen LogP contribution in [-0.2, 0) is 20.2 Å². The van der Waals surface area contributed by atoms with Crippen molar-refractivity contribution in [3.8, 4) is 0 Å². The zero-order chi connectivity index (χ0) is 31.0. The minimum Gasteiger partial charge on any atom is -0.397 e. The predicted octanol–water partition coefficient (Wildman–Crippen LogP) is 1.37. The van der Waals surface area contributed by atoms with Crippen LogP contribution in [0.2, 0.25) is 0 Å². The molecule has 0 bridgehead atoms. The van der Waals surface area contributed by atoms with Crippen molar-refractivity contribution in [3.05, 3.63) is 91.8 Å². The first kappa shape index (κ1) is 29.8. The Morgan fingerprint density at radius 2 is 1.60 bits per heavy atom. The van der Waals surface area contributed by atoms with E-state index in [1.165, 1.54) is 37.3 Å². The van der Waals surface area contributed by atoms with Crippen molar-refractivity contribution in [1.82, 2.24) is 15.0 Å². The molecule has 1 aromatic heterocycles. The van der Waals surface area contributed by atoms with Gasteiger partial charge in [0.1, 0.15) is 9.79 Å². The second-order valence-electron chi connectivity index (χ2n) is 8.63. The van der Waals surface area contributed by atoms with Gasteiger partial charge in [0.2, 0.25) is 5.95 Å². The number of carbonyl (C=O) groups is 2. The van der Waals surface area contributed by atoms with Gasteiger partial charge in [-0.15, -0.1) is 0 Å². The van der Waals surface area contributed by atoms with E-state index in [9.17, 15) is 45.1 Å². The molecule has 0 radical (unpaired) electrons. The van der Waals surface area contributed by atoms with Crippen LogP contribution in [0.3, 0.4) is 0 Å². The molecule has 0 saturated carbocycles. The van der Waals surface area contributed by atoms with E-state index in [-0.39, 0.29) is 39.3 Å². The summed E-state index contributed by atoms with van der Waals surface area (Å²) in [5.74, 6) is -1.28. The minimum atomic E-state index is -5.00. The first-order valence-corrected chi connectivity index (χ1v) is 14.3. The average molecular weight is 617 g/mol. The van der Waals surface area contributed by atoms with Crippen LogP contribution in [0.5, 0.6) is 0 Å². The van der Waals surface area contributed by atoms with Crippen LogP contribution in [0.15, 0.2) is 67.9 Å². The Bertz CT molecular complexity index is 2080. The highest BCUT2D eigenvalue weighted by molar-refractivity contribution is 7.86. The summed E-state index contributed by atoms with van der Waals surface area (Å²) >= 11 is 0. The van der Waals surface area contributed by atoms with Crippen molar-refractivity contribution < 1.29 is 35.5 Å². The van der Waals surface area contributed by atoms with Crippen molar-refractivity contribution in [3.63, 3.8) is 0 Å². The van der Waals surface area contributed by atoms with Gasteiger partial charge in [-0.3, -0.25) is 28.7 Å². The maximum Gasteiger partial charge on any atom is 0.352 e. The highest BCUT2D eigenvalue weighted by Gasteiger charge is 2.27. The average Bonchev–Trinajstić information content (AvgIpc) is 2.89. The third-order valence-corrected chi connectivity index (χ3v) is 7.67. The van der Waals surface area contributed by atoms with Gasteiger partial charge in [0, 0.05) is 22.5 Å². The number of nitrogens with two attached hydrogens (primary N) is 1. The zero-order valence-corrected chi connectivity index (χ0v) is 22.8. The molecule has 0 saturated heterocycles. The predicted molar refractivity (Wildman–Crippen MR) is 149 cm³/mol. The van der Waals surface area contributed by atoms with Gasteiger partial charge in [0.05, 0.1) is 16.9 Å². The summed E-state index contributed by atoms with van der Waals surface area (Å²) in [5, 5.41) is 5.12. The number of rotatable bonds is 9. The number of anilines is 5. The van der Waals surface area contributed by atoms with Crippen molar-refractivity contribution >= 4 is 61.0 Å². The Morgan fingerprint density at radius 1 is 0.929 bits per heavy atom. The third kappa shape index (κ3) is 6.10. The molecule has 0 unspecified atom stereocenters. The van der Waals surface area contributed by atoms with E-state index < -0.39 is 58.8 Å². The molecule has 0 atom stereocenters. The molecular formula is C24H20N6O10S2. The number of nitrogen functional groups attached to an aromatic ring is 1. The molecule has 0 aliphatic rings. The molecule has 4 aromatic rings. The molecular weight excluding hydrogens is 596 g/mol. The molecule has 0 amide bonds. The molecule has 16 nitrogen and oxygen atoms in total. The SMILES string of the molecule is Cc1c(Nc2ccc(Nc3nc(=O)[nH]c(=O)[nH]3)c(S(=O)(=O)O)c2)cc(S(=O)(=O)O)c(N)c1C(=O)c1ccccc1C=O. The van der Waals surface area contributed by atoms with Gasteiger partial charge in [-0.2, -0.15) is 21.8 Å². The van der Waals surface area contributed by atoms with Crippen molar-refractivity contribution in [1.29, 1.82) is 0 Å². The molecule has 0 fully saturated rings. The number of benzene rings is 3. The standard InChI is InChI=1S/C24H20N6O10S2/c1-11-16(9-18(42(38,39)40)20(25)19(11)21(32)14-5-3-2-4-12(14)10-31)26-13-6-7-15(17(8-13)41(35,36)37)27-22-28-23(33)30-24(34)29-22/h2-10,26H,25H2,1H3,(H,35,36,37)(H,38,39,40)(H3,27,28,29,30,33,34). The molecule has 0 aliphatic heterocycles. The van der Waals surface area contributed by atoms with Crippen LogP contribution in [0.25, 0.3) is 0 Å². The second kappa shape index (κ2) is 11.0. The van der Waals surface area contributed by atoms with E-state index in [0.717, 1.165) is 18.2 Å². The summed E-state index contributed by atoms with van der Waals surface area (Å²) < 4.78 is 68.3. The van der Waals surface area contributed by atoms with Gasteiger partial charge in [-0.1, -0.05) is 24.3 Å². The van der Waals surface area contributed by atoms with Gasteiger partial charge in [-0.05, 0) is 36.8 Å². The van der Waals surface area contributed by atoms with Gasteiger partial charge >= 0.3 is 11.4 Å². The summed E-state index contributed by atoms with van der Waals surface area (Å²) in [6.45, 7) is 1.39. The largest absolute Gasteiger partial charge is 0.397 e. The van der Waals surface area contributed by atoms with Crippen LogP contribution >= 0.6 is 0 Å². The topological polar surface area (TPSA) is 272 Å². The van der Waals surface area contributed by atoms with Gasteiger partial charge in [0.25, 0.3) is 20.2 Å². The smallest absolute Gasteiger partial charge is 0.352 e. The Balaban J connectivity index is 1.86. The first-order chi connectivity index (χ1) is 19.6. The van der Waals surface area contributed by atoms with Crippen LogP contribution in [0.4, 0.5) is 28.7 Å². The summed E-state index contributed by atoms with van der Waals surface area (Å²) in [5.41, 5.74) is 2.52. The molecule has 42 heavy (non-hydrogen) atoms. The fraction of sp³-hybridized carbons (Fsp3) is 0.0417. The van der Waals surface area contributed by atoms with E-state index in [2.05, 4.69) is 20.6 Å². The van der Waals surface area contributed by atoms with Crippen LogP contribution in [-0.4, -0.2) is 53.0 Å². The zero-order valence-electron chi connectivity index (χ0n) is 21.2. The number of aromatic nitrogens is 3. The summed E-state index contributed by atoms with van der Waals surface area (Å²) in [6, 6.07) is 9.87. The lowest BCUT2D eigenvalue weighted by atomic mass is 9.93. The number of carbonyl (C=O) groups excluding carboxylic acids is 2. The Kier molecular flexibility index (Phi) is 7.81. The third-order valence-electron chi connectivity index (χ3n) is 5.88. The lowest BCUT2D eigenvalue weighted by Crippen LogP contribution is -2.26. The number of aromatic amines is 2. The molecule has 3 aromatic carbocycles. The lowest BCUT2D eigenvalue weighted by Gasteiger charge is -2.19. The molecule has 0 aliphatic carbocycles. The number of aldehydes is 1. The van der Waals surface area contributed by atoms with Crippen LogP contribution < -0.4 is 27.7 Å². The number of nitrogens with zero attached hydrogens (tertiary/aromatic N) is 1. The molecule has 0 spiro atoms. The van der Waals surface area contributed by atoms with Gasteiger partial charge in [-0.25, -0.2) is 9.59 Å². The molecule has 18 heteroatoms. The number of hydrogen-bond donors (Lipinski definition) is 7. The summed E-state index contributed by atoms with van der Waals surface area (Å²) in [6.07, 6.45) is 0.424. The van der Waals surface area contributed by atoms with E-state index in [1.807, 2.05) is 4.98 Å². The number of ketones is 1. The maximum atomic E-state index is 13.5. The Labute approximate surface area is 236 Å². The van der Waals surface area contributed by atoms with E-state index >= 15 is 0 Å². The molecule has 4 rings (SSSR count). The highest BCUT2D eigenvalue weighted by atomic mass is 32.2. The lowest BCUT2D eigenvalue weighted by molar-refractivity contribution is 0.102. The fourth-order valence-corrected chi connectivity index (χ4v) is 5.33. The highest BCUT2D eigenvalue weighted by Crippen LogP contribution is 2.36. The first-order valence-electron chi connectivity index (χ1n) is 11.5. The molecule has 8 N–H and O–H groups in total. The monoisotopic (exact) mass is 616 g/mol. The van der Waals surface area contributed by atoms with E-state index in [0.29, 0.717) is 6.29 Å². The second-order valence-corrected chi connectivity index (χ2v) is 11.4. The Morgan fingerprint density at radius 3 is 2.21 bits per heavy atom. The van der Waals surface area contributed by atoms with E-state index in [4.69, 9.17) is 5.73 Å². The van der Waals surface area contributed by atoms with Crippen LogP contribution in [0, 0.1) is 6.92 Å². The number of H-pyrrole nitrogens is 2. The normalized spacial score (nSPS) is 11.6. The number of nitrogens with one attached hydrogen (secondary N) is 4. The number of hydrogen-bond acceptors (Lipinski definition) is 12. The quantitative estimate of drug-likeness (QED) is 0.0606.